The van der Waals surface area contributed by atoms with Gasteiger partial charge in [-0.05, 0) is 42.5 Å². The Morgan fingerprint density at radius 2 is 2.00 bits per heavy atom. The quantitative estimate of drug-likeness (QED) is 0.902. The summed E-state index contributed by atoms with van der Waals surface area (Å²) in [5.41, 5.74) is 3.78. The van der Waals surface area contributed by atoms with Crippen LogP contribution in [-0.2, 0) is 17.6 Å². The van der Waals surface area contributed by atoms with E-state index in [1.807, 2.05) is 6.07 Å². The summed E-state index contributed by atoms with van der Waals surface area (Å²) in [6, 6.07) is 6.29. The normalized spacial score (nSPS) is 14.4. The minimum absolute atomic E-state index is 0.0906. The Balaban J connectivity index is 1.91. The molecular weight excluding hydrogens is 242 g/mol. The lowest BCUT2D eigenvalue weighted by Crippen LogP contribution is -2.18. The van der Waals surface area contributed by atoms with Crippen LogP contribution in [0.5, 0.6) is 0 Å². The van der Waals surface area contributed by atoms with Crippen LogP contribution in [0.3, 0.4) is 0 Å². The molecule has 0 radical (unpaired) electrons. The molecule has 0 saturated carbocycles. The molecule has 0 atom stereocenters. The second-order valence-electron chi connectivity index (χ2n) is 5.79. The van der Waals surface area contributed by atoms with E-state index in [1.54, 1.807) is 11.8 Å². The van der Waals surface area contributed by atoms with Gasteiger partial charge in [0.25, 0.3) is 0 Å². The summed E-state index contributed by atoms with van der Waals surface area (Å²) in [6.45, 7) is 6.38. The smallest absolute Gasteiger partial charge is 0.234 e. The highest BCUT2D eigenvalue weighted by atomic mass is 32.2. The van der Waals surface area contributed by atoms with E-state index in [0.29, 0.717) is 5.75 Å². The fraction of sp³-hybridized carbons (Fsp3) is 0.533. The van der Waals surface area contributed by atoms with E-state index in [0.717, 1.165) is 12.1 Å². The average Bonchev–Trinajstić information content (AvgIpc) is 2.72. The van der Waals surface area contributed by atoms with Crippen LogP contribution in [0.15, 0.2) is 18.2 Å². The van der Waals surface area contributed by atoms with Crippen LogP contribution < -0.4 is 5.32 Å². The Bertz CT molecular complexity index is 448. The fourth-order valence-electron chi connectivity index (χ4n) is 2.13. The molecule has 1 aromatic carbocycles. The van der Waals surface area contributed by atoms with Crippen LogP contribution in [0.25, 0.3) is 0 Å². The molecule has 0 unspecified atom stereocenters. The molecule has 2 rings (SSSR count). The van der Waals surface area contributed by atoms with E-state index >= 15 is 0 Å². The Morgan fingerprint density at radius 1 is 1.28 bits per heavy atom. The maximum atomic E-state index is 11.8. The predicted molar refractivity (Wildman–Crippen MR) is 79.3 cm³/mol. The summed E-state index contributed by atoms with van der Waals surface area (Å²) in [5, 5.41) is 2.98. The van der Waals surface area contributed by atoms with Crippen LogP contribution in [0.2, 0.25) is 0 Å². The highest BCUT2D eigenvalue weighted by Gasteiger charge is 2.15. The van der Waals surface area contributed by atoms with E-state index in [2.05, 4.69) is 38.2 Å². The summed E-state index contributed by atoms with van der Waals surface area (Å²) in [4.78, 5) is 11.8. The number of hydrogen-bond acceptors (Lipinski definition) is 2. The van der Waals surface area contributed by atoms with Crippen molar-refractivity contribution >= 4 is 23.4 Å². The van der Waals surface area contributed by atoms with Crippen molar-refractivity contribution < 1.29 is 4.79 Å². The monoisotopic (exact) mass is 263 g/mol. The Hall–Kier alpha value is -0.960. The number of carbonyl (C=O) groups excluding carboxylic acids is 1. The highest BCUT2D eigenvalue weighted by Crippen LogP contribution is 2.26. The van der Waals surface area contributed by atoms with Crippen LogP contribution >= 0.6 is 11.8 Å². The van der Waals surface area contributed by atoms with Crippen LogP contribution in [0, 0.1) is 0 Å². The average molecular weight is 263 g/mol. The number of carbonyl (C=O) groups is 1. The van der Waals surface area contributed by atoms with Crippen molar-refractivity contribution in [3.63, 3.8) is 0 Å². The molecule has 3 heteroatoms. The molecule has 18 heavy (non-hydrogen) atoms. The van der Waals surface area contributed by atoms with Crippen molar-refractivity contribution in [3.05, 3.63) is 29.3 Å². The molecule has 98 valence electrons. The topological polar surface area (TPSA) is 29.1 Å². The SMILES string of the molecule is CC(C)(C)SCC(=O)Nc1ccc2c(c1)CCC2. The number of nitrogens with one attached hydrogen (secondary N) is 1. The molecule has 1 N–H and O–H groups in total. The van der Waals surface area contributed by atoms with Gasteiger partial charge in [0.1, 0.15) is 0 Å². The number of thioether (sulfide) groups is 1. The van der Waals surface area contributed by atoms with Crippen LogP contribution in [0.4, 0.5) is 5.69 Å². The van der Waals surface area contributed by atoms with Crippen molar-refractivity contribution in [3.8, 4) is 0 Å². The van der Waals surface area contributed by atoms with Gasteiger partial charge in [0.05, 0.1) is 5.75 Å². The zero-order chi connectivity index (χ0) is 13.2. The molecule has 0 bridgehead atoms. The fourth-order valence-corrected chi connectivity index (χ4v) is 2.76. The van der Waals surface area contributed by atoms with Gasteiger partial charge in [-0.1, -0.05) is 26.8 Å². The van der Waals surface area contributed by atoms with Crippen molar-refractivity contribution in [2.45, 2.75) is 44.8 Å². The lowest BCUT2D eigenvalue weighted by Gasteiger charge is -2.17. The summed E-state index contributed by atoms with van der Waals surface area (Å²) >= 11 is 1.67. The van der Waals surface area contributed by atoms with Gasteiger partial charge < -0.3 is 5.32 Å². The van der Waals surface area contributed by atoms with E-state index in [-0.39, 0.29) is 10.7 Å². The third-order valence-corrected chi connectivity index (χ3v) is 4.29. The number of fused-ring (bicyclic) bond motifs is 1. The molecule has 0 heterocycles. The first-order valence-electron chi connectivity index (χ1n) is 6.50. The Labute approximate surface area is 114 Å². The van der Waals surface area contributed by atoms with Gasteiger partial charge in [0, 0.05) is 10.4 Å². The molecular formula is C15H21NOS. The maximum absolute atomic E-state index is 11.8. The lowest BCUT2D eigenvalue weighted by atomic mass is 10.1. The molecule has 0 saturated heterocycles. The minimum atomic E-state index is 0.0906. The molecule has 1 aliphatic rings. The standard InChI is InChI=1S/C15H21NOS/c1-15(2,3)18-10-14(17)16-13-8-7-11-5-4-6-12(11)9-13/h7-9H,4-6,10H2,1-3H3,(H,16,17). The highest BCUT2D eigenvalue weighted by molar-refractivity contribution is 8.01. The molecule has 1 aliphatic carbocycles. The maximum Gasteiger partial charge on any atom is 0.234 e. The third kappa shape index (κ3) is 3.77. The minimum Gasteiger partial charge on any atom is -0.325 e. The van der Waals surface area contributed by atoms with Gasteiger partial charge in [-0.2, -0.15) is 0 Å². The van der Waals surface area contributed by atoms with Gasteiger partial charge in [-0.25, -0.2) is 0 Å². The second kappa shape index (κ2) is 5.35. The zero-order valence-corrected chi connectivity index (χ0v) is 12.2. The van der Waals surface area contributed by atoms with E-state index in [4.69, 9.17) is 0 Å². The predicted octanol–water partition coefficient (Wildman–Crippen LogP) is 3.65. The summed E-state index contributed by atoms with van der Waals surface area (Å²) in [7, 11) is 0. The van der Waals surface area contributed by atoms with Crippen molar-refractivity contribution in [2.75, 3.05) is 11.1 Å². The van der Waals surface area contributed by atoms with E-state index in [1.165, 1.54) is 24.0 Å². The number of rotatable bonds is 3. The number of amides is 1. The molecule has 0 fully saturated rings. The molecule has 1 amide bonds. The summed E-state index contributed by atoms with van der Waals surface area (Å²) < 4.78 is 0.134. The summed E-state index contributed by atoms with van der Waals surface area (Å²) in [5.74, 6) is 0.605. The molecule has 0 aromatic heterocycles. The first-order valence-corrected chi connectivity index (χ1v) is 7.48. The molecule has 2 nitrogen and oxygen atoms in total. The largest absolute Gasteiger partial charge is 0.325 e. The third-order valence-electron chi connectivity index (χ3n) is 3.02. The number of benzene rings is 1. The molecule has 0 aliphatic heterocycles. The van der Waals surface area contributed by atoms with Crippen molar-refractivity contribution in [1.29, 1.82) is 0 Å². The van der Waals surface area contributed by atoms with Gasteiger partial charge in [-0.3, -0.25) is 4.79 Å². The van der Waals surface area contributed by atoms with Gasteiger partial charge in [0.2, 0.25) is 5.91 Å². The summed E-state index contributed by atoms with van der Waals surface area (Å²) in [6.07, 6.45) is 3.58. The first-order chi connectivity index (χ1) is 8.44. The first kappa shape index (κ1) is 13.5. The van der Waals surface area contributed by atoms with E-state index < -0.39 is 0 Å². The van der Waals surface area contributed by atoms with Crippen molar-refractivity contribution in [1.82, 2.24) is 0 Å². The van der Waals surface area contributed by atoms with Gasteiger partial charge >= 0.3 is 0 Å². The number of anilines is 1. The van der Waals surface area contributed by atoms with Crippen molar-refractivity contribution in [2.24, 2.45) is 0 Å². The zero-order valence-electron chi connectivity index (χ0n) is 11.4. The van der Waals surface area contributed by atoms with E-state index in [9.17, 15) is 4.79 Å². The van der Waals surface area contributed by atoms with Crippen LogP contribution in [-0.4, -0.2) is 16.4 Å². The Kier molecular flexibility index (Phi) is 4.00. The van der Waals surface area contributed by atoms with Gasteiger partial charge in [-0.15, -0.1) is 11.8 Å². The lowest BCUT2D eigenvalue weighted by molar-refractivity contribution is -0.113. The molecule has 0 spiro atoms. The van der Waals surface area contributed by atoms with Gasteiger partial charge in [0.15, 0.2) is 0 Å². The molecule has 1 aromatic rings. The Morgan fingerprint density at radius 3 is 2.72 bits per heavy atom. The second-order valence-corrected chi connectivity index (χ2v) is 7.59. The number of hydrogen-bond donors (Lipinski definition) is 1. The van der Waals surface area contributed by atoms with Crippen LogP contribution in [0.1, 0.15) is 38.3 Å². The number of aryl methyl sites for hydroxylation is 2.